The Hall–Kier alpha value is -1.51. The molecule has 1 aromatic rings. The Labute approximate surface area is 122 Å². The van der Waals surface area contributed by atoms with E-state index in [0.717, 1.165) is 37.7 Å². The highest BCUT2D eigenvalue weighted by molar-refractivity contribution is 5.91. The number of benzene rings is 1. The van der Waals surface area contributed by atoms with Crippen LogP contribution in [0, 0.1) is 5.92 Å². The number of aryl methyl sites for hydroxylation is 1. The Bertz CT molecular complexity index is 424. The van der Waals surface area contributed by atoms with Gasteiger partial charge in [0, 0.05) is 0 Å². The molecule has 0 atom stereocenters. The molecule has 0 aliphatic rings. The first-order valence-electron chi connectivity index (χ1n) is 7.53. The molecule has 3 nitrogen and oxygen atoms in total. The number of carboxylic acid groups (broad SMARTS) is 1. The van der Waals surface area contributed by atoms with Crippen molar-refractivity contribution < 1.29 is 14.6 Å². The van der Waals surface area contributed by atoms with Gasteiger partial charge in [0.15, 0.2) is 0 Å². The fraction of sp³-hybridized carbons (Fsp3) is 0.588. The molecular weight excluding hydrogens is 252 g/mol. The van der Waals surface area contributed by atoms with Crippen molar-refractivity contribution in [2.24, 2.45) is 5.92 Å². The van der Waals surface area contributed by atoms with E-state index in [2.05, 4.69) is 20.8 Å². The molecule has 0 saturated carbocycles. The van der Waals surface area contributed by atoms with Gasteiger partial charge in [-0.1, -0.05) is 39.7 Å². The maximum atomic E-state index is 11.3. The average molecular weight is 278 g/mol. The number of carbonyl (C=O) groups is 1. The molecular formula is C17H26O3. The SMILES string of the molecule is CCCCOc1ccc(CCCC(C)C)cc1C(=O)O. The summed E-state index contributed by atoms with van der Waals surface area (Å²) in [5.41, 5.74) is 1.36. The van der Waals surface area contributed by atoms with Crippen molar-refractivity contribution in [1.82, 2.24) is 0 Å². The first kappa shape index (κ1) is 16.5. The molecule has 0 aliphatic heterocycles. The van der Waals surface area contributed by atoms with E-state index >= 15 is 0 Å². The van der Waals surface area contributed by atoms with Crippen LogP contribution in [-0.2, 0) is 6.42 Å². The first-order valence-corrected chi connectivity index (χ1v) is 7.53. The maximum Gasteiger partial charge on any atom is 0.339 e. The number of aromatic carboxylic acids is 1. The minimum atomic E-state index is -0.915. The van der Waals surface area contributed by atoms with E-state index in [1.807, 2.05) is 6.07 Å². The largest absolute Gasteiger partial charge is 0.493 e. The third-order valence-electron chi connectivity index (χ3n) is 3.28. The van der Waals surface area contributed by atoms with Crippen LogP contribution in [0.3, 0.4) is 0 Å². The van der Waals surface area contributed by atoms with Crippen LogP contribution in [0.5, 0.6) is 5.75 Å². The van der Waals surface area contributed by atoms with Gasteiger partial charge in [0.05, 0.1) is 6.61 Å². The first-order chi connectivity index (χ1) is 9.54. The lowest BCUT2D eigenvalue weighted by molar-refractivity contribution is 0.0692. The number of hydrogen-bond donors (Lipinski definition) is 1. The highest BCUT2D eigenvalue weighted by Crippen LogP contribution is 2.22. The van der Waals surface area contributed by atoms with Crippen LogP contribution >= 0.6 is 0 Å². The predicted molar refractivity (Wildman–Crippen MR) is 81.6 cm³/mol. The Morgan fingerprint density at radius 3 is 2.65 bits per heavy atom. The van der Waals surface area contributed by atoms with E-state index in [9.17, 15) is 9.90 Å². The normalized spacial score (nSPS) is 10.8. The summed E-state index contributed by atoms with van der Waals surface area (Å²) in [4.78, 5) is 11.3. The molecule has 0 radical (unpaired) electrons. The fourth-order valence-electron chi connectivity index (χ4n) is 2.07. The highest BCUT2D eigenvalue weighted by Gasteiger charge is 2.12. The summed E-state index contributed by atoms with van der Waals surface area (Å²) >= 11 is 0. The predicted octanol–water partition coefficient (Wildman–Crippen LogP) is 4.54. The zero-order valence-corrected chi connectivity index (χ0v) is 12.8. The zero-order valence-electron chi connectivity index (χ0n) is 12.8. The van der Waals surface area contributed by atoms with Gasteiger partial charge in [-0.3, -0.25) is 0 Å². The number of ether oxygens (including phenoxy) is 1. The third kappa shape index (κ3) is 5.64. The molecule has 0 aliphatic carbocycles. The van der Waals surface area contributed by atoms with E-state index in [0.29, 0.717) is 18.3 Å². The van der Waals surface area contributed by atoms with Gasteiger partial charge in [0.2, 0.25) is 0 Å². The van der Waals surface area contributed by atoms with E-state index in [4.69, 9.17) is 4.74 Å². The van der Waals surface area contributed by atoms with Crippen molar-refractivity contribution in [3.8, 4) is 5.75 Å². The number of hydrogen-bond acceptors (Lipinski definition) is 2. The molecule has 1 N–H and O–H groups in total. The van der Waals surface area contributed by atoms with E-state index < -0.39 is 5.97 Å². The monoisotopic (exact) mass is 278 g/mol. The summed E-state index contributed by atoms with van der Waals surface area (Å²) in [5.74, 6) is 0.256. The lowest BCUT2D eigenvalue weighted by Gasteiger charge is -2.11. The molecule has 0 unspecified atom stereocenters. The van der Waals surface area contributed by atoms with Crippen LogP contribution in [0.2, 0.25) is 0 Å². The molecule has 0 fully saturated rings. The summed E-state index contributed by atoms with van der Waals surface area (Å²) < 4.78 is 5.56. The van der Waals surface area contributed by atoms with Crippen LogP contribution in [0.25, 0.3) is 0 Å². The molecule has 0 bridgehead atoms. The second kappa shape index (κ2) is 8.62. The third-order valence-corrected chi connectivity index (χ3v) is 3.28. The molecule has 0 heterocycles. The van der Waals surface area contributed by atoms with Crippen molar-refractivity contribution in [3.05, 3.63) is 29.3 Å². The Kier molecular flexibility index (Phi) is 7.13. The molecule has 0 amide bonds. The number of unbranched alkanes of at least 4 members (excludes halogenated alkanes) is 1. The van der Waals surface area contributed by atoms with E-state index in [-0.39, 0.29) is 5.56 Å². The van der Waals surface area contributed by atoms with Crippen LogP contribution in [0.1, 0.15) is 62.4 Å². The number of rotatable bonds is 9. The standard InChI is InChI=1S/C17H26O3/c1-4-5-11-20-16-10-9-14(8-6-7-13(2)3)12-15(16)17(18)19/h9-10,12-13H,4-8,11H2,1-3H3,(H,18,19). The van der Waals surface area contributed by atoms with Crippen molar-refractivity contribution in [2.75, 3.05) is 6.61 Å². The van der Waals surface area contributed by atoms with Crippen molar-refractivity contribution in [3.63, 3.8) is 0 Å². The molecule has 20 heavy (non-hydrogen) atoms. The van der Waals surface area contributed by atoms with Gasteiger partial charge in [-0.15, -0.1) is 0 Å². The molecule has 0 spiro atoms. The van der Waals surface area contributed by atoms with Crippen LogP contribution in [0.4, 0.5) is 0 Å². The Morgan fingerprint density at radius 2 is 2.05 bits per heavy atom. The van der Waals surface area contributed by atoms with Crippen molar-refractivity contribution in [1.29, 1.82) is 0 Å². The lowest BCUT2D eigenvalue weighted by Crippen LogP contribution is -2.05. The minimum absolute atomic E-state index is 0.281. The fourth-order valence-corrected chi connectivity index (χ4v) is 2.07. The summed E-state index contributed by atoms with van der Waals surface area (Å²) in [5, 5.41) is 9.28. The van der Waals surface area contributed by atoms with Crippen LogP contribution in [0.15, 0.2) is 18.2 Å². The maximum absolute atomic E-state index is 11.3. The molecule has 0 aromatic heterocycles. The number of carboxylic acids is 1. The van der Waals surface area contributed by atoms with Gasteiger partial charge in [0.25, 0.3) is 0 Å². The second-order valence-corrected chi connectivity index (χ2v) is 5.62. The smallest absolute Gasteiger partial charge is 0.339 e. The zero-order chi connectivity index (χ0) is 15.0. The summed E-state index contributed by atoms with van der Waals surface area (Å²) in [6.45, 7) is 7.06. The van der Waals surface area contributed by atoms with Crippen LogP contribution < -0.4 is 4.74 Å². The lowest BCUT2D eigenvalue weighted by atomic mass is 10.0. The molecule has 3 heteroatoms. The van der Waals surface area contributed by atoms with Crippen molar-refractivity contribution >= 4 is 5.97 Å². The van der Waals surface area contributed by atoms with Crippen molar-refractivity contribution in [2.45, 2.75) is 52.9 Å². The summed E-state index contributed by atoms with van der Waals surface area (Å²) in [6, 6.07) is 5.53. The van der Waals surface area contributed by atoms with E-state index in [1.54, 1.807) is 12.1 Å². The second-order valence-electron chi connectivity index (χ2n) is 5.62. The van der Waals surface area contributed by atoms with Gasteiger partial charge < -0.3 is 9.84 Å². The van der Waals surface area contributed by atoms with Gasteiger partial charge in [-0.2, -0.15) is 0 Å². The summed E-state index contributed by atoms with van der Waals surface area (Å²) in [6.07, 6.45) is 5.16. The van der Waals surface area contributed by atoms with Gasteiger partial charge in [0.1, 0.15) is 11.3 Å². The average Bonchev–Trinajstić information content (AvgIpc) is 2.39. The topological polar surface area (TPSA) is 46.5 Å². The summed E-state index contributed by atoms with van der Waals surface area (Å²) in [7, 11) is 0. The molecule has 1 rings (SSSR count). The van der Waals surface area contributed by atoms with Gasteiger partial charge in [-0.05, 0) is 42.9 Å². The van der Waals surface area contributed by atoms with Crippen LogP contribution in [-0.4, -0.2) is 17.7 Å². The minimum Gasteiger partial charge on any atom is -0.493 e. The molecule has 0 saturated heterocycles. The molecule has 1 aromatic carbocycles. The van der Waals surface area contributed by atoms with Gasteiger partial charge in [-0.25, -0.2) is 4.79 Å². The molecule has 112 valence electrons. The quantitative estimate of drug-likeness (QED) is 0.674. The van der Waals surface area contributed by atoms with Gasteiger partial charge >= 0.3 is 5.97 Å². The Balaban J connectivity index is 2.71. The highest BCUT2D eigenvalue weighted by atomic mass is 16.5. The Morgan fingerprint density at radius 1 is 1.30 bits per heavy atom. The van der Waals surface area contributed by atoms with E-state index in [1.165, 1.54) is 0 Å².